The lowest BCUT2D eigenvalue weighted by Crippen LogP contribution is -2.08. The van der Waals surface area contributed by atoms with Crippen LogP contribution < -0.4 is 0 Å². The average Bonchev–Trinajstić information content (AvgIpc) is 2.69. The zero-order chi connectivity index (χ0) is 12.3. The van der Waals surface area contributed by atoms with Gasteiger partial charge < -0.3 is 9.52 Å². The van der Waals surface area contributed by atoms with Crippen LogP contribution in [0.5, 0.6) is 0 Å². The lowest BCUT2D eigenvalue weighted by Gasteiger charge is -2.07. The minimum absolute atomic E-state index is 0.000521. The molecule has 0 aliphatic heterocycles. The Kier molecular flexibility index (Phi) is 3.68. The van der Waals surface area contributed by atoms with Gasteiger partial charge in [-0.3, -0.25) is 4.79 Å². The predicted molar refractivity (Wildman–Crippen MR) is 66.2 cm³/mol. The molecule has 2 rings (SSSR count). The summed E-state index contributed by atoms with van der Waals surface area (Å²) in [4.78, 5) is 15.0. The summed E-state index contributed by atoms with van der Waals surface area (Å²) in [5, 5.41) is 9.31. The number of thioether (sulfide) groups is 1. The number of fused-ring (bicyclic) bond motifs is 1. The molecule has 0 amide bonds. The number of aliphatic carboxylic acids is 1. The molecule has 1 aromatic carbocycles. The summed E-state index contributed by atoms with van der Waals surface area (Å²) < 4.78 is 5.54. The standard InChI is InChI=1S/C12H13NO3S/c1-2-8(7-11(14)15)17-12-13-9-5-3-4-6-10(9)16-12/h3-6,8H,2,7H2,1H3,(H,14,15). The van der Waals surface area contributed by atoms with E-state index in [0.717, 1.165) is 17.5 Å². The Morgan fingerprint density at radius 2 is 2.29 bits per heavy atom. The van der Waals surface area contributed by atoms with E-state index in [9.17, 15) is 4.79 Å². The van der Waals surface area contributed by atoms with Crippen molar-refractivity contribution < 1.29 is 14.3 Å². The number of carboxylic acids is 1. The Morgan fingerprint density at radius 3 is 2.94 bits per heavy atom. The first-order chi connectivity index (χ1) is 8.19. The number of carbonyl (C=O) groups is 1. The molecule has 0 saturated carbocycles. The van der Waals surface area contributed by atoms with Crippen molar-refractivity contribution >= 4 is 28.8 Å². The molecule has 0 aliphatic rings. The maximum absolute atomic E-state index is 10.7. The fourth-order valence-corrected chi connectivity index (χ4v) is 2.47. The molecule has 1 N–H and O–H groups in total. The molecule has 5 heteroatoms. The molecule has 0 radical (unpaired) electrons. The topological polar surface area (TPSA) is 63.3 Å². The molecule has 1 heterocycles. The minimum Gasteiger partial charge on any atom is -0.481 e. The Bertz CT molecular complexity index is 490. The number of oxazole rings is 1. The average molecular weight is 251 g/mol. The van der Waals surface area contributed by atoms with Gasteiger partial charge in [0.05, 0.1) is 6.42 Å². The SMILES string of the molecule is CCC(CC(=O)O)Sc1nc2ccccc2o1. The fourth-order valence-electron chi connectivity index (χ4n) is 1.51. The van der Waals surface area contributed by atoms with Crippen molar-refractivity contribution in [2.45, 2.75) is 30.2 Å². The highest BCUT2D eigenvalue weighted by atomic mass is 32.2. The smallest absolute Gasteiger partial charge is 0.304 e. The van der Waals surface area contributed by atoms with Crippen LogP contribution in [0.1, 0.15) is 19.8 Å². The van der Waals surface area contributed by atoms with Crippen LogP contribution in [-0.4, -0.2) is 21.3 Å². The first kappa shape index (κ1) is 12.0. The van der Waals surface area contributed by atoms with Crippen LogP contribution in [0.15, 0.2) is 33.9 Å². The van der Waals surface area contributed by atoms with Crippen LogP contribution in [0.3, 0.4) is 0 Å². The fraction of sp³-hybridized carbons (Fsp3) is 0.333. The highest BCUT2D eigenvalue weighted by molar-refractivity contribution is 7.99. The Hall–Kier alpha value is -1.49. The number of carboxylic acid groups (broad SMARTS) is 1. The molecular formula is C12H13NO3S. The van der Waals surface area contributed by atoms with Gasteiger partial charge in [-0.1, -0.05) is 30.8 Å². The van der Waals surface area contributed by atoms with E-state index in [-0.39, 0.29) is 11.7 Å². The second kappa shape index (κ2) is 5.23. The van der Waals surface area contributed by atoms with E-state index in [1.807, 2.05) is 31.2 Å². The van der Waals surface area contributed by atoms with Gasteiger partial charge in [0, 0.05) is 5.25 Å². The van der Waals surface area contributed by atoms with Gasteiger partial charge in [-0.25, -0.2) is 4.98 Å². The molecule has 0 saturated heterocycles. The van der Waals surface area contributed by atoms with Crippen molar-refractivity contribution in [1.82, 2.24) is 4.98 Å². The van der Waals surface area contributed by atoms with E-state index >= 15 is 0 Å². The van der Waals surface area contributed by atoms with Crippen LogP contribution >= 0.6 is 11.8 Å². The van der Waals surface area contributed by atoms with Crippen molar-refractivity contribution in [3.05, 3.63) is 24.3 Å². The molecule has 0 aliphatic carbocycles. The predicted octanol–water partition coefficient (Wildman–Crippen LogP) is 3.17. The van der Waals surface area contributed by atoms with Gasteiger partial charge in [0.15, 0.2) is 5.58 Å². The van der Waals surface area contributed by atoms with Crippen molar-refractivity contribution in [3.63, 3.8) is 0 Å². The summed E-state index contributed by atoms with van der Waals surface area (Å²) >= 11 is 1.38. The molecule has 0 fully saturated rings. The molecule has 0 spiro atoms. The van der Waals surface area contributed by atoms with Crippen LogP contribution in [-0.2, 0) is 4.79 Å². The molecule has 4 nitrogen and oxygen atoms in total. The zero-order valence-electron chi connectivity index (χ0n) is 9.42. The van der Waals surface area contributed by atoms with Crippen LogP contribution in [0.4, 0.5) is 0 Å². The van der Waals surface area contributed by atoms with Crippen LogP contribution in [0.2, 0.25) is 0 Å². The molecule has 0 bridgehead atoms. The van der Waals surface area contributed by atoms with Gasteiger partial charge in [0.25, 0.3) is 5.22 Å². The molecular weight excluding hydrogens is 238 g/mol. The number of hydrogen-bond donors (Lipinski definition) is 1. The Morgan fingerprint density at radius 1 is 1.53 bits per heavy atom. The summed E-state index contributed by atoms with van der Waals surface area (Å²) in [7, 11) is 0. The Labute approximate surface area is 103 Å². The van der Waals surface area contributed by atoms with Crippen LogP contribution in [0, 0.1) is 0 Å². The quantitative estimate of drug-likeness (QED) is 0.827. The highest BCUT2D eigenvalue weighted by Gasteiger charge is 2.16. The molecule has 90 valence electrons. The van der Waals surface area contributed by atoms with Gasteiger partial charge in [0.2, 0.25) is 0 Å². The van der Waals surface area contributed by atoms with Gasteiger partial charge in [0.1, 0.15) is 5.52 Å². The largest absolute Gasteiger partial charge is 0.481 e. The maximum atomic E-state index is 10.7. The molecule has 1 aromatic heterocycles. The van der Waals surface area contributed by atoms with Gasteiger partial charge in [-0.05, 0) is 18.6 Å². The van der Waals surface area contributed by atoms with Gasteiger partial charge in [-0.2, -0.15) is 0 Å². The lowest BCUT2D eigenvalue weighted by molar-refractivity contribution is -0.136. The van der Waals surface area contributed by atoms with Crippen molar-refractivity contribution in [2.75, 3.05) is 0 Å². The van der Waals surface area contributed by atoms with Crippen molar-refractivity contribution in [3.8, 4) is 0 Å². The first-order valence-electron chi connectivity index (χ1n) is 5.43. The summed E-state index contributed by atoms with van der Waals surface area (Å²) in [6.07, 6.45) is 0.898. The highest BCUT2D eigenvalue weighted by Crippen LogP contribution is 2.29. The van der Waals surface area contributed by atoms with E-state index in [2.05, 4.69) is 4.98 Å². The van der Waals surface area contributed by atoms with E-state index in [1.165, 1.54) is 11.8 Å². The third-order valence-electron chi connectivity index (χ3n) is 2.40. The maximum Gasteiger partial charge on any atom is 0.304 e. The van der Waals surface area contributed by atoms with E-state index < -0.39 is 5.97 Å². The third kappa shape index (κ3) is 3.00. The summed E-state index contributed by atoms with van der Waals surface area (Å²) in [5.74, 6) is -0.791. The van der Waals surface area contributed by atoms with Crippen molar-refractivity contribution in [2.24, 2.45) is 0 Å². The second-order valence-electron chi connectivity index (χ2n) is 3.69. The summed E-state index contributed by atoms with van der Waals surface area (Å²) in [6.45, 7) is 1.96. The number of rotatable bonds is 5. The minimum atomic E-state index is -0.791. The third-order valence-corrected chi connectivity index (χ3v) is 3.61. The number of nitrogens with zero attached hydrogens (tertiary/aromatic N) is 1. The van der Waals surface area contributed by atoms with Gasteiger partial charge in [-0.15, -0.1) is 0 Å². The number of aromatic nitrogens is 1. The number of benzene rings is 1. The molecule has 1 atom stereocenters. The van der Waals surface area contributed by atoms with Crippen molar-refractivity contribution in [1.29, 1.82) is 0 Å². The number of para-hydroxylation sites is 2. The summed E-state index contributed by atoms with van der Waals surface area (Å²) in [5.41, 5.74) is 1.54. The lowest BCUT2D eigenvalue weighted by atomic mass is 10.2. The van der Waals surface area contributed by atoms with E-state index in [0.29, 0.717) is 5.22 Å². The molecule has 1 unspecified atom stereocenters. The number of hydrogen-bond acceptors (Lipinski definition) is 4. The normalized spacial score (nSPS) is 12.8. The summed E-state index contributed by atoms with van der Waals surface area (Å²) in [6, 6.07) is 7.51. The monoisotopic (exact) mass is 251 g/mol. The molecule has 17 heavy (non-hydrogen) atoms. The van der Waals surface area contributed by atoms with Crippen LogP contribution in [0.25, 0.3) is 11.1 Å². The Balaban J connectivity index is 2.14. The second-order valence-corrected chi connectivity index (χ2v) is 4.95. The van der Waals surface area contributed by atoms with E-state index in [1.54, 1.807) is 0 Å². The first-order valence-corrected chi connectivity index (χ1v) is 6.31. The van der Waals surface area contributed by atoms with E-state index in [4.69, 9.17) is 9.52 Å². The van der Waals surface area contributed by atoms with Gasteiger partial charge >= 0.3 is 5.97 Å². The molecule has 2 aromatic rings. The zero-order valence-corrected chi connectivity index (χ0v) is 10.2.